The molecule has 1 fully saturated rings. The first-order valence-corrected chi connectivity index (χ1v) is 6.82. The standard InChI is InChI=1S/C13H26N2O2/c1-3-4-8-15(9-11(2)13(16)17)10-12-6-5-7-14-12/h11-12,14H,3-10H2,1-2H3,(H,16,17). The minimum atomic E-state index is -0.689. The van der Waals surface area contributed by atoms with Crippen LogP contribution < -0.4 is 5.32 Å². The molecule has 0 aromatic rings. The Morgan fingerprint density at radius 3 is 2.88 bits per heavy atom. The van der Waals surface area contributed by atoms with E-state index in [1.165, 1.54) is 12.8 Å². The van der Waals surface area contributed by atoms with E-state index in [4.69, 9.17) is 5.11 Å². The number of unbranched alkanes of at least 4 members (excludes halogenated alkanes) is 1. The number of hydrogen-bond acceptors (Lipinski definition) is 3. The monoisotopic (exact) mass is 242 g/mol. The van der Waals surface area contributed by atoms with Gasteiger partial charge in [0, 0.05) is 19.1 Å². The first-order chi connectivity index (χ1) is 8.13. The molecule has 1 rings (SSSR count). The van der Waals surface area contributed by atoms with Gasteiger partial charge in [0.15, 0.2) is 0 Å². The van der Waals surface area contributed by atoms with Gasteiger partial charge in [-0.2, -0.15) is 0 Å². The summed E-state index contributed by atoms with van der Waals surface area (Å²) >= 11 is 0. The molecule has 0 amide bonds. The van der Waals surface area contributed by atoms with Crippen molar-refractivity contribution in [1.29, 1.82) is 0 Å². The number of carbonyl (C=O) groups is 1. The van der Waals surface area contributed by atoms with Crippen molar-refractivity contribution in [2.75, 3.05) is 26.2 Å². The van der Waals surface area contributed by atoms with Crippen LogP contribution in [-0.2, 0) is 4.79 Å². The number of carboxylic acids is 1. The van der Waals surface area contributed by atoms with Crippen molar-refractivity contribution in [1.82, 2.24) is 10.2 Å². The largest absolute Gasteiger partial charge is 0.481 e. The van der Waals surface area contributed by atoms with Crippen LogP contribution >= 0.6 is 0 Å². The molecule has 2 N–H and O–H groups in total. The molecule has 4 heteroatoms. The highest BCUT2D eigenvalue weighted by molar-refractivity contribution is 5.69. The van der Waals surface area contributed by atoms with E-state index in [2.05, 4.69) is 17.1 Å². The summed E-state index contributed by atoms with van der Waals surface area (Å²) in [5.41, 5.74) is 0. The van der Waals surface area contributed by atoms with Crippen LogP contribution in [0.25, 0.3) is 0 Å². The molecule has 0 aromatic carbocycles. The van der Waals surface area contributed by atoms with Crippen LogP contribution in [0.5, 0.6) is 0 Å². The van der Waals surface area contributed by atoms with Crippen molar-refractivity contribution in [3.8, 4) is 0 Å². The summed E-state index contributed by atoms with van der Waals surface area (Å²) in [5, 5.41) is 12.5. The van der Waals surface area contributed by atoms with Crippen molar-refractivity contribution in [3.05, 3.63) is 0 Å². The Hall–Kier alpha value is -0.610. The van der Waals surface area contributed by atoms with Gasteiger partial charge in [0.25, 0.3) is 0 Å². The lowest BCUT2D eigenvalue weighted by atomic mass is 10.1. The number of aliphatic carboxylic acids is 1. The van der Waals surface area contributed by atoms with Crippen LogP contribution in [0.1, 0.15) is 39.5 Å². The molecule has 0 bridgehead atoms. The second-order valence-electron chi connectivity index (χ2n) is 5.15. The lowest BCUT2D eigenvalue weighted by molar-refractivity contribution is -0.141. The van der Waals surface area contributed by atoms with Gasteiger partial charge in [-0.1, -0.05) is 20.3 Å². The van der Waals surface area contributed by atoms with Crippen LogP contribution in [0.3, 0.4) is 0 Å². The number of rotatable bonds is 8. The number of nitrogens with one attached hydrogen (secondary N) is 1. The summed E-state index contributed by atoms with van der Waals surface area (Å²) < 4.78 is 0. The summed E-state index contributed by atoms with van der Waals surface area (Å²) in [6.07, 6.45) is 4.79. The van der Waals surface area contributed by atoms with Crippen molar-refractivity contribution in [3.63, 3.8) is 0 Å². The van der Waals surface area contributed by atoms with E-state index in [1.54, 1.807) is 6.92 Å². The third kappa shape index (κ3) is 5.50. The Bertz CT molecular complexity index is 227. The fraction of sp³-hybridized carbons (Fsp3) is 0.923. The Morgan fingerprint density at radius 2 is 2.35 bits per heavy atom. The molecule has 2 atom stereocenters. The van der Waals surface area contributed by atoms with E-state index >= 15 is 0 Å². The summed E-state index contributed by atoms with van der Waals surface area (Å²) in [7, 11) is 0. The third-order valence-electron chi connectivity index (χ3n) is 3.42. The molecule has 0 aromatic heterocycles. The van der Waals surface area contributed by atoms with E-state index in [0.29, 0.717) is 12.6 Å². The number of hydrogen-bond donors (Lipinski definition) is 2. The number of carboxylic acid groups (broad SMARTS) is 1. The minimum absolute atomic E-state index is 0.270. The van der Waals surface area contributed by atoms with Crippen molar-refractivity contribution < 1.29 is 9.90 Å². The average Bonchev–Trinajstić information content (AvgIpc) is 2.78. The second kappa shape index (κ2) is 7.67. The molecule has 0 aliphatic carbocycles. The normalized spacial score (nSPS) is 21.9. The second-order valence-corrected chi connectivity index (χ2v) is 5.15. The molecular weight excluding hydrogens is 216 g/mol. The predicted octanol–water partition coefficient (Wildman–Crippen LogP) is 1.56. The van der Waals surface area contributed by atoms with E-state index < -0.39 is 5.97 Å². The number of nitrogens with zero attached hydrogens (tertiary/aromatic N) is 1. The minimum Gasteiger partial charge on any atom is -0.481 e. The molecule has 1 saturated heterocycles. The zero-order valence-electron chi connectivity index (χ0n) is 11.1. The van der Waals surface area contributed by atoms with Gasteiger partial charge in [-0.15, -0.1) is 0 Å². The average molecular weight is 242 g/mol. The lowest BCUT2D eigenvalue weighted by Crippen LogP contribution is -2.41. The van der Waals surface area contributed by atoms with Gasteiger partial charge in [-0.05, 0) is 32.4 Å². The van der Waals surface area contributed by atoms with Crippen LogP contribution in [0.4, 0.5) is 0 Å². The molecule has 100 valence electrons. The van der Waals surface area contributed by atoms with Crippen molar-refractivity contribution in [2.45, 2.75) is 45.6 Å². The maximum absolute atomic E-state index is 10.9. The quantitative estimate of drug-likeness (QED) is 0.678. The van der Waals surface area contributed by atoms with Crippen LogP contribution in [0.2, 0.25) is 0 Å². The summed E-state index contributed by atoms with van der Waals surface area (Å²) in [6.45, 7) is 7.77. The molecule has 2 unspecified atom stereocenters. The van der Waals surface area contributed by atoms with Gasteiger partial charge in [0.05, 0.1) is 5.92 Å². The van der Waals surface area contributed by atoms with Gasteiger partial charge in [-0.3, -0.25) is 4.79 Å². The summed E-state index contributed by atoms with van der Waals surface area (Å²) in [5.74, 6) is -0.959. The topological polar surface area (TPSA) is 52.6 Å². The Labute approximate surface area is 104 Å². The summed E-state index contributed by atoms with van der Waals surface area (Å²) in [4.78, 5) is 13.2. The smallest absolute Gasteiger partial charge is 0.307 e. The maximum atomic E-state index is 10.9. The molecule has 4 nitrogen and oxygen atoms in total. The van der Waals surface area contributed by atoms with Gasteiger partial charge < -0.3 is 15.3 Å². The Morgan fingerprint density at radius 1 is 1.59 bits per heavy atom. The molecule has 0 radical (unpaired) electrons. The molecular formula is C13H26N2O2. The highest BCUT2D eigenvalue weighted by atomic mass is 16.4. The van der Waals surface area contributed by atoms with E-state index in [-0.39, 0.29) is 5.92 Å². The third-order valence-corrected chi connectivity index (χ3v) is 3.42. The first-order valence-electron chi connectivity index (χ1n) is 6.82. The summed E-state index contributed by atoms with van der Waals surface area (Å²) in [6, 6.07) is 0.563. The fourth-order valence-corrected chi connectivity index (χ4v) is 2.33. The SMILES string of the molecule is CCCCN(CC1CCCN1)CC(C)C(=O)O. The molecule has 1 aliphatic heterocycles. The first kappa shape index (κ1) is 14.5. The van der Waals surface area contributed by atoms with E-state index in [0.717, 1.165) is 32.5 Å². The molecule has 0 saturated carbocycles. The zero-order chi connectivity index (χ0) is 12.7. The maximum Gasteiger partial charge on any atom is 0.307 e. The lowest BCUT2D eigenvalue weighted by Gasteiger charge is -2.27. The zero-order valence-corrected chi connectivity index (χ0v) is 11.1. The molecule has 17 heavy (non-hydrogen) atoms. The van der Waals surface area contributed by atoms with Crippen molar-refractivity contribution >= 4 is 5.97 Å². The van der Waals surface area contributed by atoms with Gasteiger partial charge in [0.2, 0.25) is 0 Å². The molecule has 0 spiro atoms. The fourth-order valence-electron chi connectivity index (χ4n) is 2.33. The molecule has 1 heterocycles. The van der Waals surface area contributed by atoms with Crippen LogP contribution in [-0.4, -0.2) is 48.2 Å². The van der Waals surface area contributed by atoms with Crippen LogP contribution in [0.15, 0.2) is 0 Å². The van der Waals surface area contributed by atoms with Crippen molar-refractivity contribution in [2.24, 2.45) is 5.92 Å². The Kier molecular flexibility index (Phi) is 6.52. The highest BCUT2D eigenvalue weighted by Gasteiger charge is 2.21. The van der Waals surface area contributed by atoms with Crippen LogP contribution in [0, 0.1) is 5.92 Å². The Balaban J connectivity index is 2.38. The van der Waals surface area contributed by atoms with Gasteiger partial charge >= 0.3 is 5.97 Å². The predicted molar refractivity (Wildman–Crippen MR) is 69.2 cm³/mol. The van der Waals surface area contributed by atoms with Gasteiger partial charge in [0.1, 0.15) is 0 Å². The van der Waals surface area contributed by atoms with E-state index in [1.807, 2.05) is 0 Å². The van der Waals surface area contributed by atoms with E-state index in [9.17, 15) is 4.79 Å². The molecule has 1 aliphatic rings. The highest BCUT2D eigenvalue weighted by Crippen LogP contribution is 2.10. The van der Waals surface area contributed by atoms with Gasteiger partial charge in [-0.25, -0.2) is 0 Å².